The maximum atomic E-state index is 12.4. The maximum Gasteiger partial charge on any atom is 0.339 e. The summed E-state index contributed by atoms with van der Waals surface area (Å²) in [6, 6.07) is 7.19. The second-order valence-electron chi connectivity index (χ2n) is 4.58. The Balaban J connectivity index is 2.18. The van der Waals surface area contributed by atoms with Crippen molar-refractivity contribution in [3.8, 4) is 0 Å². The van der Waals surface area contributed by atoms with Gasteiger partial charge < -0.3 is 9.64 Å². The molecule has 0 N–H and O–H groups in total. The number of ether oxygens (including phenoxy) is 1. The number of cyclic esters (lactones) is 1. The molecule has 4 nitrogen and oxygen atoms in total. The molecule has 1 unspecified atom stereocenters. The Morgan fingerprint density at radius 1 is 1.30 bits per heavy atom. The molecule has 20 heavy (non-hydrogen) atoms. The Bertz CT molecular complexity index is 540. The van der Waals surface area contributed by atoms with Crippen molar-refractivity contribution in [2.75, 3.05) is 13.1 Å². The molecule has 1 aliphatic rings. The van der Waals surface area contributed by atoms with Crippen LogP contribution in [0.1, 0.15) is 15.9 Å². The monoisotopic (exact) mass is 271 g/mol. The van der Waals surface area contributed by atoms with Gasteiger partial charge in [-0.1, -0.05) is 30.4 Å². The predicted molar refractivity (Wildman–Crippen MR) is 76.3 cm³/mol. The third kappa shape index (κ3) is 2.79. The molecular weight excluding hydrogens is 254 g/mol. The SMILES string of the molecule is C=CCN(CC=C)C(=O)C1Cc2ccccc2C(=O)O1. The molecule has 2 rings (SSSR count). The summed E-state index contributed by atoms with van der Waals surface area (Å²) in [4.78, 5) is 25.9. The van der Waals surface area contributed by atoms with Gasteiger partial charge in [0.2, 0.25) is 0 Å². The van der Waals surface area contributed by atoms with E-state index in [1.807, 2.05) is 12.1 Å². The average molecular weight is 271 g/mol. The van der Waals surface area contributed by atoms with E-state index in [-0.39, 0.29) is 5.91 Å². The fraction of sp³-hybridized carbons (Fsp3) is 0.250. The second-order valence-corrected chi connectivity index (χ2v) is 4.58. The number of rotatable bonds is 5. The number of hydrogen-bond acceptors (Lipinski definition) is 3. The van der Waals surface area contributed by atoms with E-state index in [9.17, 15) is 9.59 Å². The summed E-state index contributed by atoms with van der Waals surface area (Å²) in [6.45, 7) is 8.06. The molecule has 0 radical (unpaired) electrons. The van der Waals surface area contributed by atoms with Gasteiger partial charge in [-0.2, -0.15) is 0 Å². The zero-order valence-electron chi connectivity index (χ0n) is 11.2. The highest BCUT2D eigenvalue weighted by atomic mass is 16.5. The summed E-state index contributed by atoms with van der Waals surface area (Å²) in [5, 5.41) is 0. The lowest BCUT2D eigenvalue weighted by Gasteiger charge is -2.28. The van der Waals surface area contributed by atoms with Crippen molar-refractivity contribution in [3.05, 3.63) is 60.7 Å². The number of nitrogens with zero attached hydrogens (tertiary/aromatic N) is 1. The smallest absolute Gasteiger partial charge is 0.339 e. The van der Waals surface area contributed by atoms with Crippen LogP contribution in [0.15, 0.2) is 49.6 Å². The van der Waals surface area contributed by atoms with Gasteiger partial charge in [-0.3, -0.25) is 4.79 Å². The van der Waals surface area contributed by atoms with Crippen molar-refractivity contribution in [2.24, 2.45) is 0 Å². The first-order valence-corrected chi connectivity index (χ1v) is 6.46. The van der Waals surface area contributed by atoms with Crippen LogP contribution in [0.2, 0.25) is 0 Å². The van der Waals surface area contributed by atoms with E-state index in [2.05, 4.69) is 13.2 Å². The lowest BCUT2D eigenvalue weighted by atomic mass is 9.98. The van der Waals surface area contributed by atoms with E-state index in [0.29, 0.717) is 25.1 Å². The highest BCUT2D eigenvalue weighted by Crippen LogP contribution is 2.21. The first-order valence-electron chi connectivity index (χ1n) is 6.46. The molecule has 0 saturated carbocycles. The molecular formula is C16H17NO3. The molecule has 1 aromatic carbocycles. The zero-order chi connectivity index (χ0) is 14.5. The fourth-order valence-electron chi connectivity index (χ4n) is 2.24. The standard InChI is InChI=1S/C16H17NO3/c1-3-9-17(10-4-2)15(18)14-11-12-7-5-6-8-13(12)16(19)20-14/h3-8,14H,1-2,9-11H2. The number of fused-ring (bicyclic) bond motifs is 1. The summed E-state index contributed by atoms with van der Waals surface area (Å²) in [5.74, 6) is -0.657. The fourth-order valence-corrected chi connectivity index (χ4v) is 2.24. The third-order valence-corrected chi connectivity index (χ3v) is 3.18. The maximum absolute atomic E-state index is 12.4. The van der Waals surface area contributed by atoms with Crippen LogP contribution in [0.5, 0.6) is 0 Å². The number of carbonyl (C=O) groups is 2. The summed E-state index contributed by atoms with van der Waals surface area (Å²) in [5.41, 5.74) is 1.38. The van der Waals surface area contributed by atoms with Crippen LogP contribution >= 0.6 is 0 Å². The molecule has 0 aliphatic carbocycles. The second kappa shape index (κ2) is 6.19. The van der Waals surface area contributed by atoms with Crippen LogP contribution in [0, 0.1) is 0 Å². The van der Waals surface area contributed by atoms with Gasteiger partial charge in [-0.05, 0) is 11.6 Å². The minimum atomic E-state index is -0.766. The van der Waals surface area contributed by atoms with Gasteiger partial charge in [0.25, 0.3) is 5.91 Å². The Morgan fingerprint density at radius 3 is 2.60 bits per heavy atom. The van der Waals surface area contributed by atoms with Crippen LogP contribution in [0.4, 0.5) is 0 Å². The summed E-state index contributed by atoms with van der Waals surface area (Å²) in [6.07, 6.45) is 2.92. The molecule has 1 aliphatic heterocycles. The van der Waals surface area contributed by atoms with Crippen molar-refractivity contribution < 1.29 is 14.3 Å². The quantitative estimate of drug-likeness (QED) is 0.607. The minimum Gasteiger partial charge on any atom is -0.448 e. The van der Waals surface area contributed by atoms with E-state index < -0.39 is 12.1 Å². The van der Waals surface area contributed by atoms with E-state index in [1.165, 1.54) is 0 Å². The van der Waals surface area contributed by atoms with Crippen LogP contribution in [-0.2, 0) is 16.0 Å². The molecule has 0 aromatic heterocycles. The lowest BCUT2D eigenvalue weighted by molar-refractivity contribution is -0.140. The van der Waals surface area contributed by atoms with E-state index in [4.69, 9.17) is 4.74 Å². The average Bonchev–Trinajstić information content (AvgIpc) is 2.46. The molecule has 0 spiro atoms. The molecule has 1 aromatic rings. The van der Waals surface area contributed by atoms with Gasteiger partial charge in [0.1, 0.15) is 0 Å². The van der Waals surface area contributed by atoms with Crippen molar-refractivity contribution in [1.29, 1.82) is 0 Å². The lowest BCUT2D eigenvalue weighted by Crippen LogP contribution is -2.44. The van der Waals surface area contributed by atoms with Crippen molar-refractivity contribution in [2.45, 2.75) is 12.5 Å². The number of hydrogen-bond donors (Lipinski definition) is 0. The van der Waals surface area contributed by atoms with Crippen LogP contribution < -0.4 is 0 Å². The Labute approximate surface area is 118 Å². The minimum absolute atomic E-state index is 0.215. The van der Waals surface area contributed by atoms with Crippen molar-refractivity contribution >= 4 is 11.9 Å². The number of amides is 1. The summed E-state index contributed by atoms with van der Waals surface area (Å²) < 4.78 is 5.25. The Morgan fingerprint density at radius 2 is 1.95 bits per heavy atom. The van der Waals surface area contributed by atoms with Gasteiger partial charge in [0.15, 0.2) is 6.10 Å². The van der Waals surface area contributed by atoms with Gasteiger partial charge in [-0.15, -0.1) is 13.2 Å². The molecule has 1 amide bonds. The molecule has 1 atom stereocenters. The zero-order valence-corrected chi connectivity index (χ0v) is 11.2. The number of esters is 1. The van der Waals surface area contributed by atoms with Crippen molar-refractivity contribution in [1.82, 2.24) is 4.90 Å². The molecule has 104 valence electrons. The molecule has 0 saturated heterocycles. The number of benzene rings is 1. The molecule has 1 heterocycles. The number of carbonyl (C=O) groups excluding carboxylic acids is 2. The molecule has 0 bridgehead atoms. The summed E-state index contributed by atoms with van der Waals surface area (Å²) >= 11 is 0. The van der Waals surface area contributed by atoms with Crippen LogP contribution in [0.25, 0.3) is 0 Å². The first kappa shape index (κ1) is 14.1. The highest BCUT2D eigenvalue weighted by Gasteiger charge is 2.33. The first-order chi connectivity index (χ1) is 9.67. The summed E-state index contributed by atoms with van der Waals surface area (Å²) in [7, 11) is 0. The highest BCUT2D eigenvalue weighted by molar-refractivity contribution is 5.95. The third-order valence-electron chi connectivity index (χ3n) is 3.18. The van der Waals surface area contributed by atoms with E-state index in [0.717, 1.165) is 5.56 Å². The van der Waals surface area contributed by atoms with E-state index in [1.54, 1.807) is 29.2 Å². The van der Waals surface area contributed by atoms with Gasteiger partial charge in [0.05, 0.1) is 5.56 Å². The van der Waals surface area contributed by atoms with Crippen LogP contribution in [0.3, 0.4) is 0 Å². The van der Waals surface area contributed by atoms with Gasteiger partial charge in [0, 0.05) is 19.5 Å². The Hall–Kier alpha value is -2.36. The Kier molecular flexibility index (Phi) is 4.35. The largest absolute Gasteiger partial charge is 0.448 e. The van der Waals surface area contributed by atoms with Gasteiger partial charge >= 0.3 is 5.97 Å². The van der Waals surface area contributed by atoms with Crippen LogP contribution in [-0.4, -0.2) is 36.0 Å². The topological polar surface area (TPSA) is 46.6 Å². The molecule has 4 heteroatoms. The van der Waals surface area contributed by atoms with E-state index >= 15 is 0 Å². The van der Waals surface area contributed by atoms with Gasteiger partial charge in [-0.25, -0.2) is 4.79 Å². The molecule has 0 fully saturated rings. The van der Waals surface area contributed by atoms with Crippen molar-refractivity contribution in [3.63, 3.8) is 0 Å². The normalized spacial score (nSPS) is 16.8. The predicted octanol–water partition coefficient (Wildman–Crippen LogP) is 1.97.